The van der Waals surface area contributed by atoms with Crippen molar-refractivity contribution >= 4 is 5.69 Å². The molecule has 0 unspecified atom stereocenters. The molecule has 2 nitrogen and oxygen atoms in total. The highest BCUT2D eigenvalue weighted by molar-refractivity contribution is 5.58. The van der Waals surface area contributed by atoms with E-state index in [0.29, 0.717) is 0 Å². The molecule has 0 fully saturated rings. The molecule has 0 saturated heterocycles. The molecule has 1 aliphatic rings. The van der Waals surface area contributed by atoms with E-state index in [4.69, 9.17) is 10.5 Å². The third-order valence-electron chi connectivity index (χ3n) is 1.95. The molecular formula is C9H11NO. The van der Waals surface area contributed by atoms with Crippen molar-refractivity contribution in [1.29, 1.82) is 0 Å². The number of fused-ring (bicyclic) bond motifs is 1. The maximum Gasteiger partial charge on any atom is 0.145 e. The number of rotatable bonds is 0. The summed E-state index contributed by atoms with van der Waals surface area (Å²) in [4.78, 5) is 0. The zero-order valence-corrected chi connectivity index (χ0v) is 6.50. The van der Waals surface area contributed by atoms with Gasteiger partial charge in [0.2, 0.25) is 0 Å². The minimum atomic E-state index is 0.287. The predicted octanol–water partition coefficient (Wildman–Crippen LogP) is 1.59. The smallest absolute Gasteiger partial charge is 0.145 e. The van der Waals surface area contributed by atoms with Gasteiger partial charge < -0.3 is 10.5 Å². The van der Waals surface area contributed by atoms with E-state index in [1.165, 1.54) is 5.56 Å². The summed E-state index contributed by atoms with van der Waals surface area (Å²) in [6, 6.07) is 5.90. The van der Waals surface area contributed by atoms with Crippen molar-refractivity contribution in [3.63, 3.8) is 0 Å². The van der Waals surface area contributed by atoms with Crippen LogP contribution >= 0.6 is 0 Å². The maximum absolute atomic E-state index is 5.71. The number of para-hydroxylation sites is 1. The minimum Gasteiger partial charge on any atom is -0.488 e. The van der Waals surface area contributed by atoms with Gasteiger partial charge in [-0.2, -0.15) is 0 Å². The first-order valence-electron chi connectivity index (χ1n) is 3.81. The SMILES string of the molecule is C[C@H]1Cc2cccc(N)c2O1. The summed E-state index contributed by atoms with van der Waals surface area (Å²) in [5.41, 5.74) is 7.70. The average molecular weight is 149 g/mol. The van der Waals surface area contributed by atoms with E-state index in [-0.39, 0.29) is 6.10 Å². The molecule has 1 aromatic rings. The van der Waals surface area contributed by atoms with Crippen LogP contribution in [-0.2, 0) is 6.42 Å². The highest BCUT2D eigenvalue weighted by Gasteiger charge is 2.19. The highest BCUT2D eigenvalue weighted by atomic mass is 16.5. The Balaban J connectivity index is 2.49. The Kier molecular flexibility index (Phi) is 1.28. The van der Waals surface area contributed by atoms with Gasteiger partial charge in [0.05, 0.1) is 5.69 Å². The second-order valence-corrected chi connectivity index (χ2v) is 2.97. The number of ether oxygens (including phenoxy) is 1. The van der Waals surface area contributed by atoms with Crippen LogP contribution < -0.4 is 10.5 Å². The summed E-state index contributed by atoms with van der Waals surface area (Å²) in [5.74, 6) is 0.889. The molecule has 0 amide bonds. The number of nitrogens with two attached hydrogens (primary N) is 1. The number of benzene rings is 1. The minimum absolute atomic E-state index is 0.287. The Bertz CT molecular complexity index is 283. The van der Waals surface area contributed by atoms with Crippen LogP contribution in [0.1, 0.15) is 12.5 Å². The van der Waals surface area contributed by atoms with Crippen LogP contribution in [0.2, 0.25) is 0 Å². The monoisotopic (exact) mass is 149 g/mol. The lowest BCUT2D eigenvalue weighted by Crippen LogP contribution is -2.05. The van der Waals surface area contributed by atoms with Crippen molar-refractivity contribution < 1.29 is 4.74 Å². The molecule has 0 aliphatic carbocycles. The van der Waals surface area contributed by atoms with Crippen LogP contribution in [0.3, 0.4) is 0 Å². The largest absolute Gasteiger partial charge is 0.488 e. The van der Waals surface area contributed by atoms with Gasteiger partial charge in [-0.1, -0.05) is 12.1 Å². The van der Waals surface area contributed by atoms with Crippen molar-refractivity contribution in [3.05, 3.63) is 23.8 Å². The molecular weight excluding hydrogens is 138 g/mol. The molecule has 58 valence electrons. The molecule has 0 saturated carbocycles. The number of anilines is 1. The third-order valence-corrected chi connectivity index (χ3v) is 1.95. The van der Waals surface area contributed by atoms with Crippen LogP contribution in [0.4, 0.5) is 5.69 Å². The molecule has 0 radical (unpaired) electrons. The topological polar surface area (TPSA) is 35.2 Å². The van der Waals surface area contributed by atoms with Crippen LogP contribution in [0.5, 0.6) is 5.75 Å². The Morgan fingerprint density at radius 1 is 1.55 bits per heavy atom. The van der Waals surface area contributed by atoms with E-state index in [0.717, 1.165) is 17.9 Å². The van der Waals surface area contributed by atoms with Crippen molar-refractivity contribution in [2.75, 3.05) is 5.73 Å². The van der Waals surface area contributed by atoms with E-state index >= 15 is 0 Å². The van der Waals surface area contributed by atoms with Gasteiger partial charge in [0.1, 0.15) is 11.9 Å². The van der Waals surface area contributed by atoms with E-state index < -0.39 is 0 Å². The third kappa shape index (κ3) is 0.946. The lowest BCUT2D eigenvalue weighted by atomic mass is 10.1. The van der Waals surface area contributed by atoms with Crippen LogP contribution in [0.15, 0.2) is 18.2 Å². The lowest BCUT2D eigenvalue weighted by molar-refractivity contribution is 0.256. The average Bonchev–Trinajstić information content (AvgIpc) is 2.31. The number of nitrogen functional groups attached to an aromatic ring is 1. The summed E-state index contributed by atoms with van der Waals surface area (Å²) in [7, 11) is 0. The number of hydrogen-bond donors (Lipinski definition) is 1. The second kappa shape index (κ2) is 2.16. The van der Waals surface area contributed by atoms with Gasteiger partial charge in [-0.3, -0.25) is 0 Å². The lowest BCUT2D eigenvalue weighted by Gasteiger charge is -2.04. The molecule has 1 aromatic carbocycles. The maximum atomic E-state index is 5.71. The molecule has 0 bridgehead atoms. The Hall–Kier alpha value is -1.18. The molecule has 2 rings (SSSR count). The quantitative estimate of drug-likeness (QED) is 0.568. The zero-order valence-electron chi connectivity index (χ0n) is 6.50. The van der Waals surface area contributed by atoms with Gasteiger partial charge in [0.15, 0.2) is 0 Å². The highest BCUT2D eigenvalue weighted by Crippen LogP contribution is 2.33. The molecule has 1 heterocycles. The molecule has 0 aromatic heterocycles. The van der Waals surface area contributed by atoms with Crippen LogP contribution in [0.25, 0.3) is 0 Å². The van der Waals surface area contributed by atoms with Crippen molar-refractivity contribution in [1.82, 2.24) is 0 Å². The van der Waals surface area contributed by atoms with Crippen molar-refractivity contribution in [3.8, 4) is 5.75 Å². The summed E-state index contributed by atoms with van der Waals surface area (Å²) in [6.45, 7) is 2.06. The standard InChI is InChI=1S/C9H11NO/c1-6-5-7-3-2-4-8(10)9(7)11-6/h2-4,6H,5,10H2,1H3/t6-/m0/s1. The first-order chi connectivity index (χ1) is 5.27. The zero-order chi connectivity index (χ0) is 7.84. The molecule has 0 spiro atoms. The summed E-state index contributed by atoms with van der Waals surface area (Å²) < 4.78 is 5.51. The normalized spacial score (nSPS) is 21.0. The van der Waals surface area contributed by atoms with Gasteiger partial charge in [-0.05, 0) is 18.6 Å². The Labute approximate surface area is 66.0 Å². The van der Waals surface area contributed by atoms with E-state index in [2.05, 4.69) is 13.0 Å². The van der Waals surface area contributed by atoms with Gasteiger partial charge in [0.25, 0.3) is 0 Å². The second-order valence-electron chi connectivity index (χ2n) is 2.97. The van der Waals surface area contributed by atoms with E-state index in [9.17, 15) is 0 Å². The summed E-state index contributed by atoms with van der Waals surface area (Å²) >= 11 is 0. The van der Waals surface area contributed by atoms with Crippen LogP contribution in [0, 0.1) is 0 Å². The van der Waals surface area contributed by atoms with Gasteiger partial charge in [0, 0.05) is 6.42 Å². The predicted molar refractivity (Wildman–Crippen MR) is 44.6 cm³/mol. The Morgan fingerprint density at radius 2 is 2.36 bits per heavy atom. The van der Waals surface area contributed by atoms with Crippen LogP contribution in [-0.4, -0.2) is 6.10 Å². The van der Waals surface area contributed by atoms with Crippen molar-refractivity contribution in [2.24, 2.45) is 0 Å². The molecule has 2 N–H and O–H groups in total. The van der Waals surface area contributed by atoms with Gasteiger partial charge >= 0.3 is 0 Å². The number of hydrogen-bond acceptors (Lipinski definition) is 2. The fraction of sp³-hybridized carbons (Fsp3) is 0.333. The molecule has 11 heavy (non-hydrogen) atoms. The first-order valence-corrected chi connectivity index (χ1v) is 3.81. The summed E-state index contributed by atoms with van der Waals surface area (Å²) in [6.07, 6.45) is 1.27. The first kappa shape index (κ1) is 6.53. The van der Waals surface area contributed by atoms with Crippen molar-refractivity contribution in [2.45, 2.75) is 19.4 Å². The Morgan fingerprint density at radius 3 is 3.09 bits per heavy atom. The van der Waals surface area contributed by atoms with Gasteiger partial charge in [-0.25, -0.2) is 0 Å². The molecule has 2 heteroatoms. The molecule has 1 atom stereocenters. The summed E-state index contributed by atoms with van der Waals surface area (Å²) in [5, 5.41) is 0. The van der Waals surface area contributed by atoms with E-state index in [1.807, 2.05) is 12.1 Å². The fourth-order valence-electron chi connectivity index (χ4n) is 1.46. The fourth-order valence-corrected chi connectivity index (χ4v) is 1.46. The van der Waals surface area contributed by atoms with E-state index in [1.54, 1.807) is 0 Å². The van der Waals surface area contributed by atoms with Gasteiger partial charge in [-0.15, -0.1) is 0 Å². The molecule has 1 aliphatic heterocycles.